The second-order valence-electron chi connectivity index (χ2n) is 4.74. The zero-order valence-electron chi connectivity index (χ0n) is 10.1. The van der Waals surface area contributed by atoms with Crippen LogP contribution in [0.4, 0.5) is 0 Å². The fourth-order valence-corrected chi connectivity index (χ4v) is 3.31. The molecule has 1 aliphatic rings. The Morgan fingerprint density at radius 1 is 1.44 bits per heavy atom. The predicted molar refractivity (Wildman–Crippen MR) is 69.7 cm³/mol. The minimum Gasteiger partial charge on any atom is -0.308 e. The first-order valence-electron chi connectivity index (χ1n) is 6.53. The van der Waals surface area contributed by atoms with Crippen molar-refractivity contribution in [2.45, 2.75) is 51.5 Å². The Kier molecular flexibility index (Phi) is 4.79. The number of aromatic nitrogens is 1. The van der Waals surface area contributed by atoms with E-state index in [2.05, 4.69) is 22.6 Å². The van der Waals surface area contributed by atoms with Crippen molar-refractivity contribution >= 4 is 11.3 Å². The van der Waals surface area contributed by atoms with Gasteiger partial charge in [-0.1, -0.05) is 26.2 Å². The van der Waals surface area contributed by atoms with Gasteiger partial charge in [-0.2, -0.15) is 0 Å². The Labute approximate surface area is 102 Å². The highest BCUT2D eigenvalue weighted by molar-refractivity contribution is 7.09. The van der Waals surface area contributed by atoms with Crippen molar-refractivity contribution in [1.29, 1.82) is 0 Å². The molecule has 1 heterocycles. The summed E-state index contributed by atoms with van der Waals surface area (Å²) in [6, 6.07) is 0.474. The van der Waals surface area contributed by atoms with E-state index in [4.69, 9.17) is 0 Å². The number of rotatable bonds is 5. The third-order valence-electron chi connectivity index (χ3n) is 3.54. The largest absolute Gasteiger partial charge is 0.308 e. The Hall–Kier alpha value is -0.410. The lowest BCUT2D eigenvalue weighted by Crippen LogP contribution is -2.28. The van der Waals surface area contributed by atoms with E-state index in [1.807, 2.05) is 6.20 Å². The average molecular weight is 238 g/mol. The summed E-state index contributed by atoms with van der Waals surface area (Å²) in [5.74, 6) is 0.905. The van der Waals surface area contributed by atoms with Gasteiger partial charge < -0.3 is 5.32 Å². The lowest BCUT2D eigenvalue weighted by molar-refractivity contribution is 0.326. The molecule has 16 heavy (non-hydrogen) atoms. The van der Waals surface area contributed by atoms with Crippen molar-refractivity contribution in [1.82, 2.24) is 10.3 Å². The van der Waals surface area contributed by atoms with Gasteiger partial charge in [0.25, 0.3) is 0 Å². The highest BCUT2D eigenvalue weighted by Crippen LogP contribution is 2.25. The molecule has 0 bridgehead atoms. The lowest BCUT2D eigenvalue weighted by Gasteiger charge is -2.24. The molecule has 1 fully saturated rings. The molecule has 1 aromatic heterocycles. The second-order valence-corrected chi connectivity index (χ2v) is 5.67. The molecule has 1 atom stereocenters. The van der Waals surface area contributed by atoms with Gasteiger partial charge in [0, 0.05) is 11.6 Å². The molecule has 0 aliphatic heterocycles. The Morgan fingerprint density at radius 2 is 2.25 bits per heavy atom. The summed E-state index contributed by atoms with van der Waals surface area (Å²) in [7, 11) is 0. The van der Waals surface area contributed by atoms with E-state index in [1.165, 1.54) is 43.7 Å². The van der Waals surface area contributed by atoms with Crippen LogP contribution >= 0.6 is 11.3 Å². The fourth-order valence-electron chi connectivity index (χ4n) is 2.51. The minimum atomic E-state index is 0.474. The number of nitrogens with zero attached hydrogens (tertiary/aromatic N) is 1. The number of nitrogens with one attached hydrogen (secondary N) is 1. The van der Waals surface area contributed by atoms with Gasteiger partial charge in [-0.05, 0) is 31.7 Å². The van der Waals surface area contributed by atoms with Crippen LogP contribution in [0.2, 0.25) is 0 Å². The van der Waals surface area contributed by atoms with Crippen LogP contribution in [0.1, 0.15) is 56.5 Å². The van der Waals surface area contributed by atoms with Gasteiger partial charge in [-0.15, -0.1) is 11.3 Å². The lowest BCUT2D eigenvalue weighted by atomic mass is 9.89. The van der Waals surface area contributed by atoms with E-state index >= 15 is 0 Å². The highest BCUT2D eigenvalue weighted by Gasteiger charge is 2.16. The number of thiazole rings is 1. The van der Waals surface area contributed by atoms with E-state index < -0.39 is 0 Å². The maximum atomic E-state index is 4.41. The molecule has 1 aromatic rings. The second kappa shape index (κ2) is 6.36. The topological polar surface area (TPSA) is 24.9 Å². The third kappa shape index (κ3) is 3.29. The molecule has 0 radical (unpaired) electrons. The van der Waals surface area contributed by atoms with Crippen LogP contribution in [0.15, 0.2) is 11.6 Å². The molecular formula is C13H22N2S. The summed E-state index contributed by atoms with van der Waals surface area (Å²) in [6.45, 7) is 3.41. The van der Waals surface area contributed by atoms with Gasteiger partial charge >= 0.3 is 0 Å². The van der Waals surface area contributed by atoms with Crippen LogP contribution in [-0.2, 0) is 0 Å². The molecule has 1 saturated carbocycles. The standard InChI is InChI=1S/C13H22N2S/c1-2-12(13-14-8-9-16-13)15-10-11-6-4-3-5-7-11/h8-9,11-12,15H,2-7,10H2,1H3. The van der Waals surface area contributed by atoms with E-state index in [0.29, 0.717) is 6.04 Å². The van der Waals surface area contributed by atoms with Crippen molar-refractivity contribution in [3.63, 3.8) is 0 Å². The Balaban J connectivity index is 1.78. The van der Waals surface area contributed by atoms with Crippen molar-refractivity contribution < 1.29 is 0 Å². The zero-order valence-corrected chi connectivity index (χ0v) is 10.9. The molecule has 0 amide bonds. The molecule has 1 unspecified atom stereocenters. The highest BCUT2D eigenvalue weighted by atomic mass is 32.1. The summed E-state index contributed by atoms with van der Waals surface area (Å²) in [6.07, 6.45) is 10.2. The first kappa shape index (κ1) is 12.1. The molecule has 1 N–H and O–H groups in total. The maximum absolute atomic E-state index is 4.41. The first-order valence-corrected chi connectivity index (χ1v) is 7.41. The quantitative estimate of drug-likeness (QED) is 0.844. The van der Waals surface area contributed by atoms with E-state index in [9.17, 15) is 0 Å². The monoisotopic (exact) mass is 238 g/mol. The molecule has 90 valence electrons. The molecule has 0 saturated heterocycles. The van der Waals surface area contributed by atoms with Crippen LogP contribution in [0.3, 0.4) is 0 Å². The minimum absolute atomic E-state index is 0.474. The van der Waals surface area contributed by atoms with Gasteiger partial charge in [0.05, 0.1) is 6.04 Å². The van der Waals surface area contributed by atoms with Gasteiger partial charge in [0.2, 0.25) is 0 Å². The molecule has 2 nitrogen and oxygen atoms in total. The predicted octanol–water partition coefficient (Wildman–Crippen LogP) is 3.76. The molecule has 2 rings (SSSR count). The van der Waals surface area contributed by atoms with Crippen LogP contribution in [0.25, 0.3) is 0 Å². The molecule has 0 spiro atoms. The van der Waals surface area contributed by atoms with Crippen LogP contribution in [0.5, 0.6) is 0 Å². The molecule has 3 heteroatoms. The van der Waals surface area contributed by atoms with Crippen LogP contribution < -0.4 is 5.32 Å². The van der Waals surface area contributed by atoms with Crippen molar-refractivity contribution in [2.75, 3.05) is 6.54 Å². The third-order valence-corrected chi connectivity index (χ3v) is 4.42. The van der Waals surface area contributed by atoms with Crippen LogP contribution in [0, 0.1) is 5.92 Å². The van der Waals surface area contributed by atoms with E-state index in [-0.39, 0.29) is 0 Å². The maximum Gasteiger partial charge on any atom is 0.109 e. The Morgan fingerprint density at radius 3 is 2.88 bits per heavy atom. The summed E-state index contributed by atoms with van der Waals surface area (Å²) >= 11 is 1.77. The van der Waals surface area contributed by atoms with Crippen molar-refractivity contribution in [3.8, 4) is 0 Å². The van der Waals surface area contributed by atoms with Crippen molar-refractivity contribution in [3.05, 3.63) is 16.6 Å². The first-order chi connectivity index (χ1) is 7.90. The van der Waals surface area contributed by atoms with E-state index in [1.54, 1.807) is 11.3 Å². The van der Waals surface area contributed by atoms with Gasteiger partial charge in [0.15, 0.2) is 0 Å². The summed E-state index contributed by atoms with van der Waals surface area (Å²) < 4.78 is 0. The SMILES string of the molecule is CCC(NCC1CCCCC1)c1nccs1. The molecule has 0 aromatic carbocycles. The van der Waals surface area contributed by atoms with Gasteiger partial charge in [0.1, 0.15) is 5.01 Å². The zero-order chi connectivity index (χ0) is 11.2. The smallest absolute Gasteiger partial charge is 0.109 e. The number of hydrogen-bond acceptors (Lipinski definition) is 3. The van der Waals surface area contributed by atoms with Crippen LogP contribution in [-0.4, -0.2) is 11.5 Å². The summed E-state index contributed by atoms with van der Waals surface area (Å²) in [4.78, 5) is 4.41. The van der Waals surface area contributed by atoms with Gasteiger partial charge in [-0.25, -0.2) is 4.98 Å². The van der Waals surface area contributed by atoms with E-state index in [0.717, 1.165) is 12.3 Å². The fraction of sp³-hybridized carbons (Fsp3) is 0.769. The average Bonchev–Trinajstić information content (AvgIpc) is 2.85. The number of hydrogen-bond donors (Lipinski definition) is 1. The summed E-state index contributed by atoms with van der Waals surface area (Å²) in [5.41, 5.74) is 0. The van der Waals surface area contributed by atoms with Crippen molar-refractivity contribution in [2.24, 2.45) is 5.92 Å². The Bertz CT molecular complexity index is 278. The summed E-state index contributed by atoms with van der Waals surface area (Å²) in [5, 5.41) is 7.01. The molecule has 1 aliphatic carbocycles. The normalized spacial score (nSPS) is 19.8. The van der Waals surface area contributed by atoms with Gasteiger partial charge in [-0.3, -0.25) is 0 Å². The molecular weight excluding hydrogens is 216 g/mol.